The summed E-state index contributed by atoms with van der Waals surface area (Å²) in [6.07, 6.45) is 1.34. The van der Waals surface area contributed by atoms with Crippen LogP contribution in [-0.2, 0) is 16.1 Å². The van der Waals surface area contributed by atoms with Gasteiger partial charge in [-0.1, -0.05) is 12.2 Å². The van der Waals surface area contributed by atoms with Crippen LogP contribution in [0, 0.1) is 4.51 Å². The molecule has 0 bridgehead atoms. The topological polar surface area (TPSA) is 87.0 Å². The summed E-state index contributed by atoms with van der Waals surface area (Å²) in [5, 5.41) is 9.84. The number of esters is 1. The molecule has 1 N–H and O–H groups in total. The van der Waals surface area contributed by atoms with Crippen molar-refractivity contribution in [3.63, 3.8) is 0 Å². The maximum Gasteiger partial charge on any atom is 0.338 e. The lowest BCUT2D eigenvalue weighted by Gasteiger charge is -2.13. The quantitative estimate of drug-likeness (QED) is 0.678. The fraction of sp³-hybridized carbons (Fsp3) is 0.267. The molecule has 3 rings (SSSR count). The highest BCUT2D eigenvalue weighted by Crippen LogP contribution is 2.37. The number of rotatable bonds is 4. The molecule has 1 aliphatic heterocycles. The SMILES string of the molecule is CCOC(=O)Cn1cc(C(=O)O)c(=S)c2cc3c(cc21)OCO3. The van der Waals surface area contributed by atoms with Crippen LogP contribution >= 0.6 is 12.2 Å². The van der Waals surface area contributed by atoms with Crippen molar-refractivity contribution in [3.8, 4) is 11.5 Å². The number of ether oxygens (including phenoxy) is 3. The summed E-state index contributed by atoms with van der Waals surface area (Å²) in [6.45, 7) is 1.91. The van der Waals surface area contributed by atoms with Crippen molar-refractivity contribution in [2.24, 2.45) is 0 Å². The number of carboxylic acids is 1. The lowest BCUT2D eigenvalue weighted by atomic mass is 10.1. The maximum atomic E-state index is 11.8. The molecular formula is C15H13NO6S. The molecule has 0 saturated carbocycles. The number of nitrogens with zero attached hydrogens (tertiary/aromatic N) is 1. The molecule has 0 spiro atoms. The number of carbonyl (C=O) groups is 2. The van der Waals surface area contributed by atoms with Gasteiger partial charge in [0.25, 0.3) is 0 Å². The molecule has 0 radical (unpaired) electrons. The van der Waals surface area contributed by atoms with E-state index in [1.165, 1.54) is 10.8 Å². The first-order valence-corrected chi connectivity index (χ1v) is 7.27. The number of carboxylic acid groups (broad SMARTS) is 1. The van der Waals surface area contributed by atoms with Crippen LogP contribution in [0.25, 0.3) is 10.9 Å². The Morgan fingerprint density at radius 2 is 2.04 bits per heavy atom. The van der Waals surface area contributed by atoms with Crippen molar-refractivity contribution in [3.05, 3.63) is 28.4 Å². The first-order chi connectivity index (χ1) is 11.0. The minimum Gasteiger partial charge on any atom is -0.478 e. The van der Waals surface area contributed by atoms with Crippen molar-refractivity contribution < 1.29 is 28.9 Å². The van der Waals surface area contributed by atoms with Gasteiger partial charge in [-0.25, -0.2) is 4.79 Å². The van der Waals surface area contributed by atoms with Gasteiger partial charge in [0.15, 0.2) is 11.5 Å². The number of aromatic nitrogens is 1. The Labute approximate surface area is 136 Å². The van der Waals surface area contributed by atoms with Gasteiger partial charge in [-0.15, -0.1) is 0 Å². The van der Waals surface area contributed by atoms with Gasteiger partial charge in [0, 0.05) is 17.6 Å². The molecule has 0 aliphatic carbocycles. The van der Waals surface area contributed by atoms with E-state index in [9.17, 15) is 14.7 Å². The minimum absolute atomic E-state index is 0.0596. The van der Waals surface area contributed by atoms with E-state index >= 15 is 0 Å². The van der Waals surface area contributed by atoms with E-state index in [2.05, 4.69) is 0 Å². The highest BCUT2D eigenvalue weighted by molar-refractivity contribution is 7.71. The predicted molar refractivity (Wildman–Crippen MR) is 82.5 cm³/mol. The molecule has 8 heteroatoms. The van der Waals surface area contributed by atoms with Crippen molar-refractivity contribution in [1.29, 1.82) is 0 Å². The number of benzene rings is 1. The Bertz CT molecular complexity index is 872. The van der Waals surface area contributed by atoms with Gasteiger partial charge in [-0.05, 0) is 13.0 Å². The molecule has 0 atom stereocenters. The third kappa shape index (κ3) is 2.72. The Kier molecular flexibility index (Phi) is 3.91. The van der Waals surface area contributed by atoms with Gasteiger partial charge in [0.05, 0.1) is 22.2 Å². The summed E-state index contributed by atoms with van der Waals surface area (Å²) in [5.74, 6) is -0.612. The Morgan fingerprint density at radius 3 is 2.70 bits per heavy atom. The summed E-state index contributed by atoms with van der Waals surface area (Å²) in [4.78, 5) is 23.2. The lowest BCUT2D eigenvalue weighted by Crippen LogP contribution is -2.16. The lowest BCUT2D eigenvalue weighted by molar-refractivity contribution is -0.143. The van der Waals surface area contributed by atoms with Crippen LogP contribution in [0.15, 0.2) is 18.3 Å². The first kappa shape index (κ1) is 15.3. The predicted octanol–water partition coefficient (Wildman–Crippen LogP) is 2.36. The number of aromatic carboxylic acids is 1. The fourth-order valence-corrected chi connectivity index (χ4v) is 2.71. The average Bonchev–Trinajstić information content (AvgIpc) is 2.96. The second-order valence-corrected chi connectivity index (χ2v) is 5.24. The third-order valence-corrected chi connectivity index (χ3v) is 3.85. The number of pyridine rings is 1. The van der Waals surface area contributed by atoms with E-state index in [0.29, 0.717) is 22.4 Å². The molecule has 2 heterocycles. The van der Waals surface area contributed by atoms with E-state index in [1.807, 2.05) is 0 Å². The standard InChI is InChI=1S/C15H13NO6S/c1-2-20-13(17)6-16-5-9(15(18)19)14(23)8-3-11-12(4-10(8)16)22-7-21-11/h3-5H,2,6-7H2,1H3,(H,18,19). The summed E-state index contributed by atoms with van der Waals surface area (Å²) in [5.41, 5.74) is 0.521. The molecule has 0 fully saturated rings. The van der Waals surface area contributed by atoms with E-state index in [4.69, 9.17) is 26.4 Å². The molecule has 1 aliphatic rings. The second-order valence-electron chi connectivity index (χ2n) is 4.83. The maximum absolute atomic E-state index is 11.8. The van der Waals surface area contributed by atoms with Crippen LogP contribution in [0.3, 0.4) is 0 Å². The van der Waals surface area contributed by atoms with Crippen LogP contribution in [0.5, 0.6) is 11.5 Å². The van der Waals surface area contributed by atoms with E-state index in [1.54, 1.807) is 19.1 Å². The molecule has 1 aromatic heterocycles. The Balaban J connectivity index is 2.24. The Morgan fingerprint density at radius 1 is 1.35 bits per heavy atom. The largest absolute Gasteiger partial charge is 0.478 e. The normalized spacial score (nSPS) is 12.4. The van der Waals surface area contributed by atoms with Gasteiger partial charge in [0.1, 0.15) is 6.54 Å². The first-order valence-electron chi connectivity index (χ1n) is 6.87. The molecule has 0 unspecified atom stereocenters. The molecule has 1 aromatic carbocycles. The summed E-state index contributed by atoms with van der Waals surface area (Å²) in [7, 11) is 0. The molecule has 0 saturated heterocycles. The van der Waals surface area contributed by atoms with Crippen LogP contribution in [0.1, 0.15) is 17.3 Å². The van der Waals surface area contributed by atoms with Gasteiger partial charge in [0.2, 0.25) is 6.79 Å². The van der Waals surface area contributed by atoms with Crippen molar-refractivity contribution in [2.45, 2.75) is 13.5 Å². The zero-order valence-corrected chi connectivity index (χ0v) is 13.0. The zero-order valence-electron chi connectivity index (χ0n) is 12.2. The molecule has 7 nitrogen and oxygen atoms in total. The molecule has 23 heavy (non-hydrogen) atoms. The van der Waals surface area contributed by atoms with Gasteiger partial charge < -0.3 is 23.9 Å². The van der Waals surface area contributed by atoms with E-state index in [-0.39, 0.29) is 30.0 Å². The number of hydrogen-bond acceptors (Lipinski definition) is 6. The van der Waals surface area contributed by atoms with Crippen LogP contribution in [0.2, 0.25) is 0 Å². The zero-order chi connectivity index (χ0) is 16.6. The minimum atomic E-state index is -1.16. The summed E-state index contributed by atoms with van der Waals surface area (Å²) < 4.78 is 17.2. The molecule has 2 aromatic rings. The van der Waals surface area contributed by atoms with Crippen molar-refractivity contribution >= 4 is 35.1 Å². The van der Waals surface area contributed by atoms with Crippen molar-refractivity contribution in [1.82, 2.24) is 4.57 Å². The fourth-order valence-electron chi connectivity index (χ4n) is 2.41. The molecule has 120 valence electrons. The number of fused-ring (bicyclic) bond motifs is 2. The van der Waals surface area contributed by atoms with Crippen molar-refractivity contribution in [2.75, 3.05) is 13.4 Å². The van der Waals surface area contributed by atoms with Crippen LogP contribution in [0.4, 0.5) is 0 Å². The number of hydrogen-bond donors (Lipinski definition) is 1. The monoisotopic (exact) mass is 335 g/mol. The smallest absolute Gasteiger partial charge is 0.338 e. The van der Waals surface area contributed by atoms with Gasteiger partial charge in [-0.2, -0.15) is 0 Å². The third-order valence-electron chi connectivity index (χ3n) is 3.41. The van der Waals surface area contributed by atoms with Gasteiger partial charge >= 0.3 is 11.9 Å². The summed E-state index contributed by atoms with van der Waals surface area (Å²) in [6, 6.07) is 3.31. The highest BCUT2D eigenvalue weighted by Gasteiger charge is 2.20. The summed E-state index contributed by atoms with van der Waals surface area (Å²) >= 11 is 5.26. The molecular weight excluding hydrogens is 322 g/mol. The number of carbonyl (C=O) groups excluding carboxylic acids is 1. The molecule has 0 amide bonds. The van der Waals surface area contributed by atoms with Crippen LogP contribution in [-0.4, -0.2) is 35.0 Å². The highest BCUT2D eigenvalue weighted by atomic mass is 32.1. The average molecular weight is 335 g/mol. The second kappa shape index (κ2) is 5.88. The van der Waals surface area contributed by atoms with Crippen LogP contribution < -0.4 is 9.47 Å². The van der Waals surface area contributed by atoms with E-state index in [0.717, 1.165) is 0 Å². The Hall–Kier alpha value is -2.61. The van der Waals surface area contributed by atoms with Gasteiger partial charge in [-0.3, -0.25) is 4.79 Å². The van der Waals surface area contributed by atoms with E-state index < -0.39 is 11.9 Å².